The zero-order chi connectivity index (χ0) is 39.6. The maximum Gasteiger partial charge on any atom is 0.227 e. The van der Waals surface area contributed by atoms with Crippen molar-refractivity contribution < 1.29 is 8.83 Å². The highest BCUT2D eigenvalue weighted by Gasteiger charge is 2.18. The Balaban J connectivity index is 0.932. The second-order valence-electron chi connectivity index (χ2n) is 15.0. The molecule has 0 amide bonds. The van der Waals surface area contributed by atoms with Crippen molar-refractivity contribution in [2.24, 2.45) is 0 Å². The van der Waals surface area contributed by atoms with Crippen LogP contribution in [0.5, 0.6) is 0 Å². The van der Waals surface area contributed by atoms with E-state index in [2.05, 4.69) is 113 Å². The van der Waals surface area contributed by atoms with E-state index in [4.69, 9.17) is 26.6 Å². The van der Waals surface area contributed by atoms with Gasteiger partial charge in [-0.25, -0.2) is 9.97 Å². The third-order valence-corrected chi connectivity index (χ3v) is 11.1. The third kappa shape index (κ3) is 5.98. The van der Waals surface area contributed by atoms with Gasteiger partial charge in [0.2, 0.25) is 11.4 Å². The summed E-state index contributed by atoms with van der Waals surface area (Å²) < 4.78 is 12.6. The van der Waals surface area contributed by atoms with Gasteiger partial charge in [0.25, 0.3) is 0 Å². The van der Waals surface area contributed by atoms with Crippen molar-refractivity contribution in [1.82, 2.24) is 19.9 Å². The first-order valence-corrected chi connectivity index (χ1v) is 19.6. The molecule has 0 atom stereocenters. The normalized spacial score (nSPS) is 11.6. The number of aryl methyl sites for hydroxylation is 2. The molecule has 0 unspecified atom stereocenters. The highest BCUT2D eigenvalue weighted by Crippen LogP contribution is 2.40. The van der Waals surface area contributed by atoms with Gasteiger partial charge >= 0.3 is 0 Å². The maximum absolute atomic E-state index is 6.69. The topological polar surface area (TPSA) is 77.8 Å². The lowest BCUT2D eigenvalue weighted by molar-refractivity contribution is 0.653. The summed E-state index contributed by atoms with van der Waals surface area (Å²) in [5, 5.41) is 4.05. The number of hydrogen-bond donors (Lipinski definition) is 0. The molecule has 0 aliphatic rings. The molecule has 0 spiro atoms. The predicted octanol–water partition coefficient (Wildman–Crippen LogP) is 12.5. The van der Waals surface area contributed by atoms with Gasteiger partial charge in [-0.1, -0.05) is 103 Å². The highest BCUT2D eigenvalue weighted by atomic mass is 16.3. The maximum atomic E-state index is 6.69. The molecule has 276 valence electrons. The van der Waals surface area contributed by atoms with Crippen LogP contribution in [0.25, 0.3) is 111 Å². The van der Waals surface area contributed by atoms with Crippen molar-refractivity contribution in [3.8, 4) is 67.0 Å². The van der Waals surface area contributed by atoms with Gasteiger partial charge in [-0.15, -0.1) is 0 Å². The molecule has 11 rings (SSSR count). The molecule has 6 heterocycles. The van der Waals surface area contributed by atoms with Crippen LogP contribution in [0.1, 0.15) is 11.4 Å². The molecular weight excluding hydrogens is 723 g/mol. The van der Waals surface area contributed by atoms with Crippen LogP contribution in [0, 0.1) is 13.8 Å². The van der Waals surface area contributed by atoms with Gasteiger partial charge in [-0.2, -0.15) is 0 Å². The number of pyridine rings is 4. The van der Waals surface area contributed by atoms with E-state index in [0.29, 0.717) is 16.9 Å². The Hall–Kier alpha value is -7.64. The van der Waals surface area contributed by atoms with Gasteiger partial charge in [0.05, 0.1) is 11.4 Å². The van der Waals surface area contributed by atoms with Crippen LogP contribution >= 0.6 is 0 Å². The minimum atomic E-state index is 0.637. The fourth-order valence-electron chi connectivity index (χ4n) is 8.31. The van der Waals surface area contributed by atoms with E-state index in [1.165, 1.54) is 0 Å². The van der Waals surface area contributed by atoms with E-state index in [1.807, 2.05) is 74.8 Å². The second-order valence-corrected chi connectivity index (χ2v) is 15.0. The van der Waals surface area contributed by atoms with Gasteiger partial charge in [0.1, 0.15) is 19.0 Å². The molecule has 5 aromatic carbocycles. The second kappa shape index (κ2) is 13.8. The van der Waals surface area contributed by atoms with Crippen LogP contribution < -0.4 is 5.46 Å². The largest absolute Gasteiger partial charge is 0.437 e. The Kier molecular flexibility index (Phi) is 8.08. The predicted molar refractivity (Wildman–Crippen MR) is 240 cm³/mol. The van der Waals surface area contributed by atoms with Crippen molar-refractivity contribution >= 4 is 57.4 Å². The number of fused-ring (bicyclic) bond motifs is 6. The lowest BCUT2D eigenvalue weighted by atomic mass is 9.85. The summed E-state index contributed by atoms with van der Waals surface area (Å²) in [6.07, 6.45) is 3.87. The lowest BCUT2D eigenvalue weighted by Gasteiger charge is -2.15. The first-order valence-electron chi connectivity index (χ1n) is 19.6. The van der Waals surface area contributed by atoms with Crippen LogP contribution in [0.15, 0.2) is 173 Å². The fourth-order valence-corrected chi connectivity index (χ4v) is 8.31. The Morgan fingerprint density at radius 1 is 0.390 bits per heavy atom. The van der Waals surface area contributed by atoms with Crippen molar-refractivity contribution in [3.05, 3.63) is 175 Å². The van der Waals surface area contributed by atoms with Crippen LogP contribution in [-0.2, 0) is 0 Å². The van der Waals surface area contributed by atoms with Crippen molar-refractivity contribution in [1.29, 1.82) is 0 Å². The van der Waals surface area contributed by atoms with Gasteiger partial charge in [0.15, 0.2) is 0 Å². The molecule has 7 heteroatoms. The monoisotopic (exact) mass is 756 g/mol. The summed E-state index contributed by atoms with van der Waals surface area (Å²) in [5.74, 6) is 0. The molecule has 0 saturated heterocycles. The van der Waals surface area contributed by atoms with E-state index in [-0.39, 0.29) is 0 Å². The number of benzene rings is 5. The van der Waals surface area contributed by atoms with Crippen LogP contribution in [0.4, 0.5) is 0 Å². The van der Waals surface area contributed by atoms with Gasteiger partial charge in [-0.05, 0) is 102 Å². The van der Waals surface area contributed by atoms with Crippen molar-refractivity contribution in [3.63, 3.8) is 0 Å². The number of furan rings is 2. The summed E-state index contributed by atoms with van der Waals surface area (Å²) >= 11 is 0. The van der Waals surface area contributed by atoms with E-state index in [1.54, 1.807) is 0 Å². The number of hydrogen-bond acceptors (Lipinski definition) is 6. The smallest absolute Gasteiger partial charge is 0.227 e. The van der Waals surface area contributed by atoms with Crippen molar-refractivity contribution in [2.75, 3.05) is 0 Å². The molecule has 6 nitrogen and oxygen atoms in total. The average molecular weight is 757 g/mol. The van der Waals surface area contributed by atoms with E-state index in [9.17, 15) is 0 Å². The molecular formula is C52H33BN4O2. The van der Waals surface area contributed by atoms with Gasteiger partial charge in [-0.3, -0.25) is 9.97 Å². The van der Waals surface area contributed by atoms with Crippen LogP contribution in [0.2, 0.25) is 0 Å². The summed E-state index contributed by atoms with van der Waals surface area (Å²) in [6.45, 7) is 3.94. The molecule has 0 bridgehead atoms. The lowest BCUT2D eigenvalue weighted by Crippen LogP contribution is -2.03. The third-order valence-electron chi connectivity index (χ3n) is 11.1. The molecule has 0 aliphatic heterocycles. The summed E-state index contributed by atoms with van der Waals surface area (Å²) in [6, 6.07) is 51.9. The zero-order valence-corrected chi connectivity index (χ0v) is 32.3. The summed E-state index contributed by atoms with van der Waals surface area (Å²) in [4.78, 5) is 19.2. The minimum absolute atomic E-state index is 0.637. The van der Waals surface area contributed by atoms with Crippen LogP contribution in [0.3, 0.4) is 0 Å². The molecule has 0 aliphatic carbocycles. The van der Waals surface area contributed by atoms with Crippen LogP contribution in [-0.4, -0.2) is 27.8 Å². The number of para-hydroxylation sites is 2. The first-order chi connectivity index (χ1) is 28.9. The molecule has 0 fully saturated rings. The molecule has 0 N–H and O–H groups in total. The average Bonchev–Trinajstić information content (AvgIpc) is 3.84. The fraction of sp³-hybridized carbons (Fsp3) is 0.0385. The van der Waals surface area contributed by atoms with Gasteiger partial charge < -0.3 is 8.83 Å². The standard InChI is InChI=1S/C52H33BN4O2/c1-30-17-21-43-41-13-7-15-45(49(41)58-51(43)56-30)47-23-19-32(28-54-47)37-9-3-5-11-39(37)34-25-35(27-36(53)26-34)40-12-6-4-10-38(40)33-20-24-48(55-29-33)46-16-8-14-42-44-22-18-31(2)57-52(44)59-50(42)46/h3-29H,1-2H3. The molecule has 11 aromatic rings. The summed E-state index contributed by atoms with van der Waals surface area (Å²) in [5.41, 5.74) is 17.1. The molecule has 59 heavy (non-hydrogen) atoms. The first kappa shape index (κ1) is 34.6. The Morgan fingerprint density at radius 2 is 0.814 bits per heavy atom. The molecule has 6 aromatic heterocycles. The Morgan fingerprint density at radius 3 is 1.24 bits per heavy atom. The van der Waals surface area contributed by atoms with E-state index >= 15 is 0 Å². The number of aromatic nitrogens is 4. The Bertz CT molecular complexity index is 3200. The quantitative estimate of drug-likeness (QED) is 0.157. The Labute approximate surface area is 341 Å². The SMILES string of the molecule is [B]c1cc(-c2ccccc2-c2ccc(-c3cccc4c3oc3nc(C)ccc34)nc2)cc(-c2ccccc2-c2ccc(-c3cccc4c3oc3nc(C)ccc34)nc2)c1. The molecule has 2 radical (unpaired) electrons. The van der Waals surface area contributed by atoms with Crippen molar-refractivity contribution in [2.45, 2.75) is 13.8 Å². The number of nitrogens with zero attached hydrogens (tertiary/aromatic N) is 4. The van der Waals surface area contributed by atoms with Gasteiger partial charge in [0, 0.05) is 67.6 Å². The number of rotatable bonds is 6. The zero-order valence-electron chi connectivity index (χ0n) is 32.3. The molecule has 0 saturated carbocycles. The van der Waals surface area contributed by atoms with E-state index in [0.717, 1.165) is 111 Å². The summed E-state index contributed by atoms with van der Waals surface area (Å²) in [7, 11) is 6.69. The highest BCUT2D eigenvalue weighted by molar-refractivity contribution is 6.33. The van der Waals surface area contributed by atoms with E-state index < -0.39 is 0 Å². The minimum Gasteiger partial charge on any atom is -0.437 e.